The van der Waals surface area contributed by atoms with E-state index in [0.29, 0.717) is 23.3 Å². The van der Waals surface area contributed by atoms with Crippen molar-refractivity contribution in [3.05, 3.63) is 62.5 Å². The minimum absolute atomic E-state index is 0.0323. The van der Waals surface area contributed by atoms with Gasteiger partial charge in [-0.05, 0) is 97.4 Å². The van der Waals surface area contributed by atoms with Crippen LogP contribution in [0.5, 0.6) is 0 Å². The summed E-state index contributed by atoms with van der Waals surface area (Å²) in [6, 6.07) is 7.28. The Kier molecular flexibility index (Phi) is 11.8. The normalized spacial score (nSPS) is 18.9. The van der Waals surface area contributed by atoms with E-state index in [1.54, 1.807) is 11.3 Å². The number of ether oxygens (including phenoxy) is 1. The molecule has 0 aliphatic carbocycles. The first-order valence-corrected chi connectivity index (χ1v) is 19.6. The summed E-state index contributed by atoms with van der Waals surface area (Å²) in [5.74, 6) is 2.08. The van der Waals surface area contributed by atoms with Crippen LogP contribution in [0.4, 0.5) is 4.79 Å². The van der Waals surface area contributed by atoms with Crippen LogP contribution in [-0.2, 0) is 9.53 Å². The SMILES string of the molecule is Cc1sc2c(c1C)C(c1ccc(Cl)cc1)=NC(CC(=O)NCCCCN1CCN(CC3CCN(C(=O)OC(C)(C)C)CC3)CC1)c1nnc(C)n1-2. The number of fused-ring (bicyclic) bond motifs is 3. The number of halogens is 1. The van der Waals surface area contributed by atoms with Crippen molar-refractivity contribution in [3.63, 3.8) is 0 Å². The zero-order chi connectivity index (χ0) is 36.3. The number of aryl methyl sites for hydroxylation is 2. The van der Waals surface area contributed by atoms with E-state index in [4.69, 9.17) is 21.3 Å². The van der Waals surface area contributed by atoms with Crippen molar-refractivity contribution in [2.24, 2.45) is 10.9 Å². The predicted molar refractivity (Wildman–Crippen MR) is 204 cm³/mol. The van der Waals surface area contributed by atoms with Crippen molar-refractivity contribution in [1.29, 1.82) is 0 Å². The average molecular weight is 737 g/mol. The van der Waals surface area contributed by atoms with Crippen LogP contribution in [0.2, 0.25) is 5.02 Å². The lowest BCUT2D eigenvalue weighted by molar-refractivity contribution is -0.121. The number of aliphatic imine (C=N–C) groups is 1. The number of rotatable bonds is 10. The third-order valence-electron chi connectivity index (χ3n) is 10.2. The Balaban J connectivity index is 0.950. The summed E-state index contributed by atoms with van der Waals surface area (Å²) in [6.07, 6.45) is 4.06. The van der Waals surface area contributed by atoms with Crippen LogP contribution in [0.25, 0.3) is 5.00 Å². The molecule has 5 heterocycles. The molecule has 3 aliphatic rings. The molecule has 276 valence electrons. The second kappa shape index (κ2) is 16.1. The fraction of sp³-hybridized carbons (Fsp3) is 0.605. The van der Waals surface area contributed by atoms with Crippen molar-refractivity contribution in [3.8, 4) is 5.00 Å². The third-order valence-corrected chi connectivity index (χ3v) is 11.7. The zero-order valence-corrected chi connectivity index (χ0v) is 32.6. The van der Waals surface area contributed by atoms with Crippen LogP contribution in [-0.4, -0.2) is 112 Å². The molecule has 0 bridgehead atoms. The van der Waals surface area contributed by atoms with Crippen LogP contribution < -0.4 is 5.32 Å². The molecule has 3 aromatic rings. The number of carbonyl (C=O) groups excluding carboxylic acids is 2. The highest BCUT2D eigenvalue weighted by Gasteiger charge is 2.33. The Morgan fingerprint density at radius 3 is 2.33 bits per heavy atom. The summed E-state index contributed by atoms with van der Waals surface area (Å²) < 4.78 is 7.64. The van der Waals surface area contributed by atoms with Gasteiger partial charge in [0.05, 0.1) is 12.1 Å². The topological polar surface area (TPSA) is 108 Å². The van der Waals surface area contributed by atoms with Crippen molar-refractivity contribution in [2.45, 2.75) is 85.3 Å². The van der Waals surface area contributed by atoms with Crippen molar-refractivity contribution < 1.29 is 14.3 Å². The van der Waals surface area contributed by atoms with Gasteiger partial charge in [-0.3, -0.25) is 14.4 Å². The second-order valence-electron chi connectivity index (χ2n) is 15.2. The maximum absolute atomic E-state index is 13.3. The van der Waals surface area contributed by atoms with Gasteiger partial charge >= 0.3 is 6.09 Å². The summed E-state index contributed by atoms with van der Waals surface area (Å²) in [7, 11) is 0. The number of nitrogens with one attached hydrogen (secondary N) is 1. The van der Waals surface area contributed by atoms with Gasteiger partial charge in [-0.15, -0.1) is 21.5 Å². The monoisotopic (exact) mass is 736 g/mol. The summed E-state index contributed by atoms with van der Waals surface area (Å²) in [5, 5.41) is 13.8. The first kappa shape index (κ1) is 37.4. The maximum atomic E-state index is 13.3. The van der Waals surface area contributed by atoms with E-state index in [9.17, 15) is 9.59 Å². The number of unbranched alkanes of at least 4 members (excludes halogenated alkanes) is 1. The number of carbonyl (C=O) groups is 2. The highest BCUT2D eigenvalue weighted by molar-refractivity contribution is 7.15. The minimum Gasteiger partial charge on any atom is -0.444 e. The number of amides is 2. The van der Waals surface area contributed by atoms with Crippen LogP contribution in [0.15, 0.2) is 29.3 Å². The lowest BCUT2D eigenvalue weighted by Crippen LogP contribution is -2.49. The number of likely N-dealkylation sites (tertiary alicyclic amines) is 1. The van der Waals surface area contributed by atoms with Crippen LogP contribution in [0.3, 0.4) is 0 Å². The standard InChI is InChI=1S/C38H53ClN8O3S/c1-25-26(2)51-36-33(25)34(29-9-11-30(39)12-10-29)41-31(35-43-42-27(3)47(35)36)23-32(48)40-15-7-8-16-44-19-21-45(22-20-44)24-28-13-17-46(18-14-28)37(49)50-38(4,5)6/h9-12,28,31H,7-8,13-24H2,1-6H3,(H,40,48). The summed E-state index contributed by atoms with van der Waals surface area (Å²) in [6.45, 7) is 20.6. The van der Waals surface area contributed by atoms with E-state index >= 15 is 0 Å². The van der Waals surface area contributed by atoms with Gasteiger partial charge in [0.2, 0.25) is 5.91 Å². The van der Waals surface area contributed by atoms with Gasteiger partial charge < -0.3 is 24.8 Å². The lowest BCUT2D eigenvalue weighted by atomic mass is 9.96. The number of thiophene rings is 1. The van der Waals surface area contributed by atoms with Crippen LogP contribution >= 0.6 is 22.9 Å². The van der Waals surface area contributed by atoms with E-state index in [1.807, 2.05) is 56.9 Å². The molecule has 0 saturated carbocycles. The molecule has 13 heteroatoms. The number of piperidine rings is 1. The molecule has 2 saturated heterocycles. The van der Waals surface area contributed by atoms with Gasteiger partial charge in [0.1, 0.15) is 22.5 Å². The molecular weight excluding hydrogens is 684 g/mol. The zero-order valence-electron chi connectivity index (χ0n) is 31.0. The molecular formula is C38H53ClN8O3S. The Morgan fingerprint density at radius 2 is 1.65 bits per heavy atom. The second-order valence-corrected chi connectivity index (χ2v) is 16.9. The van der Waals surface area contributed by atoms with Gasteiger partial charge in [0.25, 0.3) is 0 Å². The molecule has 2 aromatic heterocycles. The molecule has 11 nitrogen and oxygen atoms in total. The van der Waals surface area contributed by atoms with Gasteiger partial charge in [0.15, 0.2) is 5.82 Å². The molecule has 1 unspecified atom stereocenters. The summed E-state index contributed by atoms with van der Waals surface area (Å²) >= 11 is 7.95. The van der Waals surface area contributed by atoms with Gasteiger partial charge in [-0.2, -0.15) is 0 Å². The molecule has 1 N–H and O–H groups in total. The van der Waals surface area contributed by atoms with Gasteiger partial charge in [0, 0.05) is 73.4 Å². The maximum Gasteiger partial charge on any atom is 0.410 e. The fourth-order valence-corrected chi connectivity index (χ4v) is 8.59. The van der Waals surface area contributed by atoms with E-state index in [0.717, 1.165) is 106 Å². The van der Waals surface area contributed by atoms with Crippen molar-refractivity contribution in [1.82, 2.24) is 34.8 Å². The minimum atomic E-state index is -0.468. The number of piperazine rings is 1. The fourth-order valence-electron chi connectivity index (χ4n) is 7.25. The number of benzene rings is 1. The molecule has 1 aromatic carbocycles. The lowest BCUT2D eigenvalue weighted by Gasteiger charge is -2.39. The smallest absolute Gasteiger partial charge is 0.410 e. The van der Waals surface area contributed by atoms with Crippen LogP contribution in [0.1, 0.15) is 92.1 Å². The average Bonchev–Trinajstić information content (AvgIpc) is 3.57. The Labute approximate surface area is 311 Å². The Hall–Kier alpha value is -3.32. The number of hydrogen-bond acceptors (Lipinski definition) is 9. The quantitative estimate of drug-likeness (QED) is 0.242. The molecule has 0 spiro atoms. The highest BCUT2D eigenvalue weighted by atomic mass is 35.5. The van der Waals surface area contributed by atoms with Crippen molar-refractivity contribution >= 4 is 40.6 Å². The van der Waals surface area contributed by atoms with E-state index in [2.05, 4.69) is 43.7 Å². The predicted octanol–water partition coefficient (Wildman–Crippen LogP) is 6.35. The summed E-state index contributed by atoms with van der Waals surface area (Å²) in [4.78, 5) is 39.2. The first-order valence-electron chi connectivity index (χ1n) is 18.4. The molecule has 6 rings (SSSR count). The van der Waals surface area contributed by atoms with Gasteiger partial charge in [-0.25, -0.2) is 4.79 Å². The highest BCUT2D eigenvalue weighted by Crippen LogP contribution is 2.39. The Morgan fingerprint density at radius 1 is 0.961 bits per heavy atom. The molecule has 51 heavy (non-hydrogen) atoms. The summed E-state index contributed by atoms with van der Waals surface area (Å²) in [5.41, 5.74) is 3.60. The molecule has 2 fully saturated rings. The largest absolute Gasteiger partial charge is 0.444 e. The van der Waals surface area contributed by atoms with Crippen molar-refractivity contribution in [2.75, 3.05) is 58.9 Å². The molecule has 0 radical (unpaired) electrons. The third kappa shape index (κ3) is 9.19. The molecule has 3 aliphatic heterocycles. The van der Waals surface area contributed by atoms with Crippen LogP contribution in [0, 0.1) is 26.7 Å². The molecule has 2 amide bonds. The number of nitrogens with zero attached hydrogens (tertiary/aromatic N) is 7. The van der Waals surface area contributed by atoms with E-state index < -0.39 is 11.6 Å². The Bertz CT molecular complexity index is 1710. The van der Waals surface area contributed by atoms with E-state index in [-0.39, 0.29) is 18.4 Å². The first-order chi connectivity index (χ1) is 24.4. The number of aromatic nitrogens is 3. The molecule has 1 atom stereocenters. The number of hydrogen-bond donors (Lipinski definition) is 1. The van der Waals surface area contributed by atoms with E-state index in [1.165, 1.54) is 10.4 Å². The van der Waals surface area contributed by atoms with Gasteiger partial charge in [-0.1, -0.05) is 23.7 Å².